The molecular weight excluding hydrogens is 513 g/mol. The highest BCUT2D eigenvalue weighted by Crippen LogP contribution is 2.37. The number of hydrogen-bond donors (Lipinski definition) is 3. The Labute approximate surface area is 214 Å². The number of carbonyl (C=O) groups is 2. The van der Waals surface area contributed by atoms with Gasteiger partial charge in [0.15, 0.2) is 0 Å². The van der Waals surface area contributed by atoms with Crippen molar-refractivity contribution >= 4 is 34.8 Å². The number of halogens is 4. The molecule has 1 saturated heterocycles. The van der Waals surface area contributed by atoms with Gasteiger partial charge in [-0.2, -0.15) is 13.2 Å². The average Bonchev–Trinajstić information content (AvgIpc) is 3.35. The summed E-state index contributed by atoms with van der Waals surface area (Å²) in [5, 5.41) is 8.23. The molecule has 4 rings (SSSR count). The van der Waals surface area contributed by atoms with Crippen LogP contribution >= 0.6 is 11.6 Å². The molecule has 2 atom stereocenters. The predicted octanol–water partition coefficient (Wildman–Crippen LogP) is 4.05. The summed E-state index contributed by atoms with van der Waals surface area (Å²) in [5.41, 5.74) is -1.39. The van der Waals surface area contributed by atoms with Gasteiger partial charge in [0.1, 0.15) is 11.9 Å². The minimum Gasteiger partial charge on any atom is -0.378 e. The van der Waals surface area contributed by atoms with Gasteiger partial charge >= 0.3 is 6.18 Å². The van der Waals surface area contributed by atoms with Crippen LogP contribution in [0.2, 0.25) is 5.02 Å². The maximum Gasteiger partial charge on any atom is 0.418 e. The number of benzene rings is 1. The van der Waals surface area contributed by atoms with Crippen molar-refractivity contribution in [3.63, 3.8) is 0 Å². The fourth-order valence-corrected chi connectivity index (χ4v) is 3.94. The van der Waals surface area contributed by atoms with E-state index in [0.29, 0.717) is 11.4 Å². The highest BCUT2D eigenvalue weighted by atomic mass is 35.5. The van der Waals surface area contributed by atoms with Gasteiger partial charge in [0, 0.05) is 30.4 Å². The maximum absolute atomic E-state index is 13.4. The van der Waals surface area contributed by atoms with E-state index >= 15 is 0 Å². The zero-order valence-corrected chi connectivity index (χ0v) is 20.2. The van der Waals surface area contributed by atoms with Crippen molar-refractivity contribution in [2.45, 2.75) is 31.1 Å². The molecule has 2 aromatic heterocycles. The van der Waals surface area contributed by atoms with Crippen LogP contribution in [0.15, 0.2) is 55.2 Å². The van der Waals surface area contributed by atoms with Gasteiger partial charge < -0.3 is 20.7 Å². The molecule has 2 amide bonds. The van der Waals surface area contributed by atoms with E-state index < -0.39 is 35.1 Å². The van der Waals surface area contributed by atoms with Crippen LogP contribution in [0, 0.1) is 0 Å². The van der Waals surface area contributed by atoms with Crippen molar-refractivity contribution in [2.24, 2.45) is 0 Å². The average molecular weight is 535 g/mol. The van der Waals surface area contributed by atoms with Gasteiger partial charge in [0.25, 0.3) is 5.91 Å². The van der Waals surface area contributed by atoms with Gasteiger partial charge in [0.2, 0.25) is 5.91 Å². The van der Waals surface area contributed by atoms with Crippen molar-refractivity contribution in [1.82, 2.24) is 25.6 Å². The number of nitrogens with one attached hydrogen (secondary N) is 3. The normalized spacial score (nSPS) is 18.2. The Hall–Kier alpha value is -3.77. The Kier molecular flexibility index (Phi) is 7.60. The molecule has 3 heterocycles. The Balaban J connectivity index is 1.44. The summed E-state index contributed by atoms with van der Waals surface area (Å²) >= 11 is 5.73. The lowest BCUT2D eigenvalue weighted by Gasteiger charge is -2.29. The van der Waals surface area contributed by atoms with Crippen LogP contribution in [0.5, 0.6) is 0 Å². The highest BCUT2D eigenvalue weighted by Gasteiger charge is 2.44. The quantitative estimate of drug-likeness (QED) is 0.418. The number of aromatic nitrogens is 3. The molecule has 13 heteroatoms. The molecular formula is C24H22ClF3N6O3. The molecule has 1 aromatic carbocycles. The van der Waals surface area contributed by atoms with Gasteiger partial charge in [-0.05, 0) is 37.3 Å². The number of carbonyl (C=O) groups excluding carboxylic acids is 2. The lowest BCUT2D eigenvalue weighted by Crippen LogP contribution is -2.59. The first kappa shape index (κ1) is 26.3. The molecule has 0 bridgehead atoms. The van der Waals surface area contributed by atoms with Crippen LogP contribution in [-0.4, -0.2) is 45.5 Å². The van der Waals surface area contributed by atoms with Crippen LogP contribution in [0.25, 0.3) is 0 Å². The topological polar surface area (TPSA) is 118 Å². The van der Waals surface area contributed by atoms with Crippen molar-refractivity contribution in [2.75, 3.05) is 18.5 Å². The van der Waals surface area contributed by atoms with Crippen LogP contribution in [0.4, 0.5) is 24.5 Å². The summed E-state index contributed by atoms with van der Waals surface area (Å²) in [7, 11) is 0. The molecule has 3 aromatic rings. The molecule has 1 aliphatic heterocycles. The minimum absolute atomic E-state index is 0.0100. The van der Waals surface area contributed by atoms with E-state index in [9.17, 15) is 22.8 Å². The molecule has 0 radical (unpaired) electrons. The van der Waals surface area contributed by atoms with Gasteiger partial charge in [-0.1, -0.05) is 11.6 Å². The molecule has 1 unspecified atom stereocenters. The molecule has 3 N–H and O–H groups in total. The molecule has 0 spiro atoms. The van der Waals surface area contributed by atoms with E-state index in [1.54, 1.807) is 19.1 Å². The second-order valence-corrected chi connectivity index (χ2v) is 8.88. The number of ether oxygens (including phenoxy) is 1. The summed E-state index contributed by atoms with van der Waals surface area (Å²) in [5.74, 6) is -0.967. The van der Waals surface area contributed by atoms with Crippen LogP contribution in [0.3, 0.4) is 0 Å². The standard InChI is InChI=1S/C24H22ClF3N6O3/c1-14(32-22(36)23(6-7-37-12-23)34-21(35)15-9-29-13-30-10-15)19-5-3-17(11-31-19)33-20-4-2-16(25)8-18(20)24(26,27)28/h2-5,8-11,13-14,33H,6-7,12H2,1H3,(H,32,36)(H,34,35)/t14?,23-/m0/s1. The van der Waals surface area contributed by atoms with Gasteiger partial charge in [0.05, 0.1) is 47.0 Å². The third kappa shape index (κ3) is 6.15. The molecule has 0 saturated carbocycles. The SMILES string of the molecule is CC(NC(=O)[C@]1(NC(=O)c2cncnc2)CCOC1)c1ccc(Nc2ccc(Cl)cc2C(F)(F)F)cn1. The lowest BCUT2D eigenvalue weighted by molar-refractivity contribution is -0.137. The number of anilines is 2. The first-order chi connectivity index (χ1) is 17.6. The third-order valence-corrected chi connectivity index (χ3v) is 6.01. The molecule has 1 fully saturated rings. The highest BCUT2D eigenvalue weighted by molar-refractivity contribution is 6.30. The molecule has 194 valence electrons. The van der Waals surface area contributed by atoms with Crippen molar-refractivity contribution in [1.29, 1.82) is 0 Å². The summed E-state index contributed by atoms with van der Waals surface area (Å²) < 4.78 is 45.5. The Morgan fingerprint density at radius 3 is 2.51 bits per heavy atom. The van der Waals surface area contributed by atoms with E-state index in [2.05, 4.69) is 30.9 Å². The molecule has 9 nitrogen and oxygen atoms in total. The van der Waals surface area contributed by atoms with Crippen molar-refractivity contribution in [3.05, 3.63) is 77.1 Å². The fraction of sp³-hybridized carbons (Fsp3) is 0.292. The largest absolute Gasteiger partial charge is 0.418 e. The minimum atomic E-state index is -4.59. The van der Waals surface area contributed by atoms with E-state index in [1.165, 1.54) is 37.1 Å². The number of nitrogens with zero attached hydrogens (tertiary/aromatic N) is 3. The number of rotatable bonds is 7. The first-order valence-electron chi connectivity index (χ1n) is 11.1. The molecule has 1 aliphatic rings. The smallest absolute Gasteiger partial charge is 0.378 e. The Morgan fingerprint density at radius 2 is 1.89 bits per heavy atom. The van der Waals surface area contributed by atoms with E-state index in [0.717, 1.165) is 6.07 Å². The monoisotopic (exact) mass is 534 g/mol. The number of alkyl halides is 3. The summed E-state index contributed by atoms with van der Waals surface area (Å²) in [6, 6.07) is 5.98. The van der Waals surface area contributed by atoms with Gasteiger partial charge in [-0.3, -0.25) is 14.6 Å². The van der Waals surface area contributed by atoms with Crippen molar-refractivity contribution in [3.8, 4) is 0 Å². The number of pyridine rings is 1. The fourth-order valence-electron chi connectivity index (χ4n) is 3.76. The molecule has 37 heavy (non-hydrogen) atoms. The Morgan fingerprint density at radius 1 is 1.14 bits per heavy atom. The van der Waals surface area contributed by atoms with E-state index in [1.807, 2.05) is 0 Å². The second-order valence-electron chi connectivity index (χ2n) is 8.45. The third-order valence-electron chi connectivity index (χ3n) is 5.78. The number of amides is 2. The van der Waals surface area contributed by atoms with Crippen molar-refractivity contribution < 1.29 is 27.5 Å². The van der Waals surface area contributed by atoms with Crippen LogP contribution in [0.1, 0.15) is 41.0 Å². The van der Waals surface area contributed by atoms with Gasteiger partial charge in [-0.15, -0.1) is 0 Å². The summed E-state index contributed by atoms with van der Waals surface area (Å²) in [6.07, 6.45) is 1.00. The molecule has 0 aliphatic carbocycles. The van der Waals surface area contributed by atoms with E-state index in [4.69, 9.17) is 16.3 Å². The van der Waals surface area contributed by atoms with Crippen LogP contribution in [-0.2, 0) is 15.7 Å². The second kappa shape index (κ2) is 10.7. The van der Waals surface area contributed by atoms with Crippen LogP contribution < -0.4 is 16.0 Å². The summed E-state index contributed by atoms with van der Waals surface area (Å²) in [6.45, 7) is 1.98. The zero-order chi connectivity index (χ0) is 26.6. The van der Waals surface area contributed by atoms with E-state index in [-0.39, 0.29) is 35.9 Å². The first-order valence-corrected chi connectivity index (χ1v) is 11.5. The Bertz CT molecular complexity index is 1270. The zero-order valence-electron chi connectivity index (χ0n) is 19.5. The summed E-state index contributed by atoms with van der Waals surface area (Å²) in [4.78, 5) is 37.7. The predicted molar refractivity (Wildman–Crippen MR) is 128 cm³/mol. The van der Waals surface area contributed by atoms with Gasteiger partial charge in [-0.25, -0.2) is 9.97 Å². The lowest BCUT2D eigenvalue weighted by atomic mass is 9.96. The number of hydrogen-bond acceptors (Lipinski definition) is 7. The maximum atomic E-state index is 13.4.